The van der Waals surface area contributed by atoms with Gasteiger partial charge in [-0.25, -0.2) is 4.39 Å². The van der Waals surface area contributed by atoms with Crippen molar-refractivity contribution in [2.45, 2.75) is 24.6 Å². The Morgan fingerprint density at radius 1 is 1.26 bits per heavy atom. The number of hydrogen-bond donors (Lipinski definition) is 0. The molecule has 0 N–H and O–H groups in total. The summed E-state index contributed by atoms with van der Waals surface area (Å²) in [5, 5.41) is -0.0139. The van der Waals surface area contributed by atoms with Gasteiger partial charge in [-0.2, -0.15) is 8.78 Å². The first-order valence-corrected chi connectivity index (χ1v) is 6.61. The summed E-state index contributed by atoms with van der Waals surface area (Å²) < 4.78 is 43.1. The summed E-state index contributed by atoms with van der Waals surface area (Å²) in [7, 11) is 0. The van der Waals surface area contributed by atoms with Crippen LogP contribution >= 0.6 is 23.2 Å². The Morgan fingerprint density at radius 3 is 2.47 bits per heavy atom. The quantitative estimate of drug-likeness (QED) is 0.762. The third-order valence-electron chi connectivity index (χ3n) is 2.89. The molecule has 1 atom stereocenters. The van der Waals surface area contributed by atoms with Crippen molar-refractivity contribution in [3.05, 3.63) is 23.2 Å². The smallest absolute Gasteiger partial charge is 0.428 e. The highest BCUT2D eigenvalue weighted by Crippen LogP contribution is 2.36. The Labute approximate surface area is 119 Å². The maximum absolute atomic E-state index is 13.1. The Hall–Kier alpha value is -0.810. The van der Waals surface area contributed by atoms with Crippen LogP contribution in [0.25, 0.3) is 0 Å². The van der Waals surface area contributed by atoms with Gasteiger partial charge in [-0.15, -0.1) is 0 Å². The topological polar surface area (TPSA) is 12.5 Å². The second-order valence-corrected chi connectivity index (χ2v) is 5.06. The van der Waals surface area contributed by atoms with Crippen LogP contribution in [0.4, 0.5) is 18.9 Å². The van der Waals surface area contributed by atoms with E-state index in [9.17, 15) is 13.2 Å². The second-order valence-electron chi connectivity index (χ2n) is 4.27. The number of rotatable bonds is 4. The zero-order valence-corrected chi connectivity index (χ0v) is 11.4. The summed E-state index contributed by atoms with van der Waals surface area (Å²) in [5.41, 5.74) is -2.21. The first kappa shape index (κ1) is 14.6. The summed E-state index contributed by atoms with van der Waals surface area (Å²) in [6.45, 7) is 1.69. The van der Waals surface area contributed by atoms with Gasteiger partial charge in [0.1, 0.15) is 5.75 Å². The van der Waals surface area contributed by atoms with E-state index in [2.05, 4.69) is 4.74 Å². The SMILES string of the molecule is FC(Cl)C(F)(F)Oc1cc(N2CCCC2)ccc1Cl. The van der Waals surface area contributed by atoms with Crippen molar-refractivity contribution in [3.8, 4) is 5.75 Å². The molecule has 1 aliphatic heterocycles. The van der Waals surface area contributed by atoms with Crippen LogP contribution < -0.4 is 9.64 Å². The molecular weight excluding hydrogens is 302 g/mol. The molecular formula is C12H12Cl2F3NO. The molecule has 0 amide bonds. The number of benzene rings is 1. The third kappa shape index (κ3) is 3.39. The molecule has 0 spiro atoms. The van der Waals surface area contributed by atoms with Crippen LogP contribution in [0, 0.1) is 0 Å². The minimum atomic E-state index is -4.12. The summed E-state index contributed by atoms with van der Waals surface area (Å²) >= 11 is 10.5. The van der Waals surface area contributed by atoms with E-state index in [-0.39, 0.29) is 10.8 Å². The standard InChI is InChI=1S/C12H12Cl2F3NO/c13-9-4-3-8(18-5-1-2-6-18)7-10(9)19-12(16,17)11(14)15/h3-4,7,11H,1-2,5-6H2. The Bertz CT molecular complexity index is 451. The van der Waals surface area contributed by atoms with E-state index in [4.69, 9.17) is 23.2 Å². The van der Waals surface area contributed by atoms with E-state index in [1.807, 2.05) is 4.90 Å². The van der Waals surface area contributed by atoms with Crippen LogP contribution in [-0.2, 0) is 0 Å². The number of ether oxygens (including phenoxy) is 1. The molecule has 0 bridgehead atoms. The molecule has 1 fully saturated rings. The van der Waals surface area contributed by atoms with E-state index in [0.29, 0.717) is 0 Å². The van der Waals surface area contributed by atoms with Crippen LogP contribution in [0.5, 0.6) is 5.75 Å². The molecule has 1 saturated heterocycles. The summed E-state index contributed by atoms with van der Waals surface area (Å²) in [5.74, 6) is -0.278. The van der Waals surface area contributed by atoms with Crippen molar-refractivity contribution in [2.75, 3.05) is 18.0 Å². The number of hydrogen-bond acceptors (Lipinski definition) is 2. The average molecular weight is 314 g/mol. The van der Waals surface area contributed by atoms with Crippen molar-refractivity contribution < 1.29 is 17.9 Å². The number of nitrogens with zero attached hydrogens (tertiary/aromatic N) is 1. The molecule has 0 aliphatic carbocycles. The lowest BCUT2D eigenvalue weighted by molar-refractivity contribution is -0.198. The molecule has 106 valence electrons. The van der Waals surface area contributed by atoms with Gasteiger partial charge in [-0.05, 0) is 25.0 Å². The molecule has 0 aromatic heterocycles. The van der Waals surface area contributed by atoms with Crippen molar-refractivity contribution in [1.29, 1.82) is 0 Å². The molecule has 1 aromatic carbocycles. The molecule has 2 rings (SSSR count). The fourth-order valence-electron chi connectivity index (χ4n) is 1.93. The van der Waals surface area contributed by atoms with E-state index >= 15 is 0 Å². The van der Waals surface area contributed by atoms with E-state index in [1.165, 1.54) is 12.1 Å². The van der Waals surface area contributed by atoms with Gasteiger partial charge in [0.2, 0.25) is 0 Å². The molecule has 19 heavy (non-hydrogen) atoms. The fraction of sp³-hybridized carbons (Fsp3) is 0.500. The monoisotopic (exact) mass is 313 g/mol. The maximum atomic E-state index is 13.1. The van der Waals surface area contributed by atoms with Crippen molar-refractivity contribution in [3.63, 3.8) is 0 Å². The lowest BCUT2D eigenvalue weighted by atomic mass is 10.2. The Balaban J connectivity index is 2.22. The Kier molecular flexibility index (Phi) is 4.36. The van der Waals surface area contributed by atoms with Crippen LogP contribution in [-0.4, -0.2) is 24.8 Å². The molecule has 0 radical (unpaired) electrons. The molecule has 2 nitrogen and oxygen atoms in total. The third-order valence-corrected chi connectivity index (χ3v) is 3.45. The van der Waals surface area contributed by atoms with Crippen molar-refractivity contribution in [1.82, 2.24) is 0 Å². The van der Waals surface area contributed by atoms with Gasteiger partial charge in [-0.1, -0.05) is 23.2 Å². The minimum absolute atomic E-state index is 0.0139. The number of alkyl halides is 4. The van der Waals surface area contributed by atoms with E-state index in [1.54, 1.807) is 6.07 Å². The minimum Gasteiger partial charge on any atom is -0.428 e. The van der Waals surface area contributed by atoms with E-state index in [0.717, 1.165) is 31.6 Å². The predicted molar refractivity (Wildman–Crippen MR) is 69.2 cm³/mol. The highest BCUT2D eigenvalue weighted by molar-refractivity contribution is 6.32. The first-order chi connectivity index (χ1) is 8.90. The lowest BCUT2D eigenvalue weighted by Crippen LogP contribution is -2.33. The van der Waals surface area contributed by atoms with Crippen LogP contribution in [0.3, 0.4) is 0 Å². The van der Waals surface area contributed by atoms with E-state index < -0.39 is 11.7 Å². The normalized spacial score (nSPS) is 17.6. The average Bonchev–Trinajstić information content (AvgIpc) is 2.85. The second kappa shape index (κ2) is 5.67. The zero-order chi connectivity index (χ0) is 14.0. The highest BCUT2D eigenvalue weighted by Gasteiger charge is 2.42. The molecule has 1 aliphatic rings. The van der Waals surface area contributed by atoms with Gasteiger partial charge in [0.05, 0.1) is 5.02 Å². The summed E-state index contributed by atoms with van der Waals surface area (Å²) in [4.78, 5) is 2.02. The zero-order valence-electron chi connectivity index (χ0n) is 9.88. The Morgan fingerprint density at radius 2 is 1.89 bits per heavy atom. The van der Waals surface area contributed by atoms with Gasteiger partial charge < -0.3 is 9.64 Å². The van der Waals surface area contributed by atoms with Gasteiger partial charge in [0.15, 0.2) is 0 Å². The predicted octanol–water partition coefficient (Wildman–Crippen LogP) is 4.45. The highest BCUT2D eigenvalue weighted by atomic mass is 35.5. The van der Waals surface area contributed by atoms with Crippen molar-refractivity contribution in [2.24, 2.45) is 0 Å². The van der Waals surface area contributed by atoms with Crippen LogP contribution in [0.15, 0.2) is 18.2 Å². The van der Waals surface area contributed by atoms with Gasteiger partial charge in [0, 0.05) is 24.8 Å². The largest absolute Gasteiger partial charge is 0.444 e. The number of anilines is 1. The molecule has 1 heterocycles. The first-order valence-electron chi connectivity index (χ1n) is 5.79. The summed E-state index contributed by atoms with van der Waals surface area (Å²) in [6, 6.07) is 4.54. The lowest BCUT2D eigenvalue weighted by Gasteiger charge is -2.22. The summed E-state index contributed by atoms with van der Waals surface area (Å²) in [6.07, 6.45) is -2.03. The van der Waals surface area contributed by atoms with Crippen molar-refractivity contribution >= 4 is 28.9 Å². The van der Waals surface area contributed by atoms with Gasteiger partial charge in [-0.3, -0.25) is 0 Å². The molecule has 1 aromatic rings. The van der Waals surface area contributed by atoms with Crippen LogP contribution in [0.1, 0.15) is 12.8 Å². The maximum Gasteiger partial charge on any atom is 0.444 e. The molecule has 7 heteroatoms. The molecule has 0 saturated carbocycles. The fourth-order valence-corrected chi connectivity index (χ4v) is 2.13. The van der Waals surface area contributed by atoms with Crippen LogP contribution in [0.2, 0.25) is 5.02 Å². The molecule has 1 unspecified atom stereocenters. The van der Waals surface area contributed by atoms with Gasteiger partial charge >= 0.3 is 6.11 Å². The number of halogens is 5. The van der Waals surface area contributed by atoms with Gasteiger partial charge in [0.25, 0.3) is 5.63 Å².